The third-order valence-corrected chi connectivity index (χ3v) is 3.36. The van der Waals surface area contributed by atoms with Crippen molar-refractivity contribution in [2.75, 3.05) is 0 Å². The zero-order valence-electron chi connectivity index (χ0n) is 6.42. The summed E-state index contributed by atoms with van der Waals surface area (Å²) in [5, 5.41) is 1.93. The fourth-order valence-corrected chi connectivity index (χ4v) is 2.17. The maximum Gasteiger partial charge on any atom is 0.281 e. The van der Waals surface area contributed by atoms with Crippen LogP contribution in [0.5, 0.6) is 0 Å². The molecule has 1 aromatic rings. The summed E-state index contributed by atoms with van der Waals surface area (Å²) in [7, 11) is 0. The molecule has 12 heavy (non-hydrogen) atoms. The lowest BCUT2D eigenvalue weighted by Crippen LogP contribution is -2.09. The molecule has 0 spiro atoms. The van der Waals surface area contributed by atoms with E-state index in [2.05, 4.69) is 4.98 Å². The highest BCUT2D eigenvalue weighted by atomic mass is 35.5. The number of carbonyl (C=O) groups excluding carboxylic acids is 1. The van der Waals surface area contributed by atoms with Crippen molar-refractivity contribution in [1.29, 1.82) is 0 Å². The summed E-state index contributed by atoms with van der Waals surface area (Å²) in [6.45, 7) is 0. The van der Waals surface area contributed by atoms with Gasteiger partial charge in [0.2, 0.25) is 0 Å². The molecule has 2 nitrogen and oxygen atoms in total. The second-order valence-corrected chi connectivity index (χ2v) is 4.18. The Kier molecular flexibility index (Phi) is 2.15. The third kappa shape index (κ3) is 1.39. The van der Waals surface area contributed by atoms with E-state index in [4.69, 9.17) is 11.6 Å². The number of rotatable bonds is 2. The van der Waals surface area contributed by atoms with Gasteiger partial charge in [-0.15, -0.1) is 11.3 Å². The summed E-state index contributed by atoms with van der Waals surface area (Å²) in [6, 6.07) is 0. The van der Waals surface area contributed by atoms with Crippen molar-refractivity contribution in [1.82, 2.24) is 4.98 Å². The Morgan fingerprint density at radius 3 is 2.83 bits per heavy atom. The van der Waals surface area contributed by atoms with Crippen molar-refractivity contribution in [3.8, 4) is 0 Å². The van der Waals surface area contributed by atoms with Crippen LogP contribution in [0.1, 0.15) is 40.7 Å². The van der Waals surface area contributed by atoms with Crippen molar-refractivity contribution >= 4 is 28.2 Å². The van der Waals surface area contributed by atoms with Crippen LogP contribution in [0, 0.1) is 0 Å². The van der Waals surface area contributed by atoms with Crippen LogP contribution in [0.25, 0.3) is 0 Å². The first-order chi connectivity index (χ1) is 5.77. The lowest BCUT2D eigenvalue weighted by Gasteiger charge is -2.22. The molecule has 1 aromatic heterocycles. The van der Waals surface area contributed by atoms with E-state index in [1.807, 2.05) is 5.38 Å². The maximum absolute atomic E-state index is 10.7. The van der Waals surface area contributed by atoms with E-state index in [1.165, 1.54) is 30.6 Å². The molecule has 1 aliphatic rings. The van der Waals surface area contributed by atoms with E-state index >= 15 is 0 Å². The number of hydrogen-bond donors (Lipinski definition) is 0. The van der Waals surface area contributed by atoms with Gasteiger partial charge in [-0.25, -0.2) is 4.98 Å². The molecule has 0 aliphatic heterocycles. The van der Waals surface area contributed by atoms with E-state index in [0.29, 0.717) is 10.9 Å². The predicted octanol–water partition coefficient (Wildman–Crippen LogP) is 2.79. The van der Waals surface area contributed by atoms with Gasteiger partial charge in [-0.3, -0.25) is 4.79 Å². The normalized spacial score (nSPS) is 17.4. The van der Waals surface area contributed by atoms with Crippen LogP contribution in [-0.2, 0) is 0 Å². The molecule has 1 aliphatic carbocycles. The van der Waals surface area contributed by atoms with E-state index in [9.17, 15) is 4.79 Å². The van der Waals surface area contributed by atoms with Gasteiger partial charge in [0, 0.05) is 11.3 Å². The number of hydrogen-bond acceptors (Lipinski definition) is 3. The molecule has 1 heterocycles. The largest absolute Gasteiger partial charge is 0.281 e. The van der Waals surface area contributed by atoms with Gasteiger partial charge in [0.25, 0.3) is 5.24 Å². The van der Waals surface area contributed by atoms with Gasteiger partial charge >= 0.3 is 0 Å². The number of aromatic nitrogens is 1. The van der Waals surface area contributed by atoms with Crippen LogP contribution in [0.4, 0.5) is 0 Å². The van der Waals surface area contributed by atoms with Crippen LogP contribution in [0.15, 0.2) is 5.38 Å². The van der Waals surface area contributed by atoms with Gasteiger partial charge in [-0.1, -0.05) is 6.42 Å². The van der Waals surface area contributed by atoms with Crippen molar-refractivity contribution in [2.24, 2.45) is 0 Å². The second-order valence-electron chi connectivity index (χ2n) is 2.98. The Balaban J connectivity index is 2.17. The highest BCUT2D eigenvalue weighted by Gasteiger charge is 2.22. The van der Waals surface area contributed by atoms with Gasteiger partial charge in [-0.05, 0) is 24.4 Å². The van der Waals surface area contributed by atoms with Crippen LogP contribution in [0.2, 0.25) is 0 Å². The first-order valence-electron chi connectivity index (χ1n) is 3.92. The Hall–Kier alpha value is -0.410. The Bertz CT molecular complexity index is 306. The molecular formula is C8H8ClNOS. The van der Waals surface area contributed by atoms with Crippen LogP contribution >= 0.6 is 22.9 Å². The summed E-state index contributed by atoms with van der Waals surface area (Å²) in [5.74, 6) is 0.589. The minimum atomic E-state index is -0.439. The van der Waals surface area contributed by atoms with Crippen LogP contribution in [0.3, 0.4) is 0 Å². The predicted molar refractivity (Wildman–Crippen MR) is 48.9 cm³/mol. The number of halogens is 1. The standard InChI is InChI=1S/C8H8ClNOS/c9-7(11)8-10-6(4-12-8)5-2-1-3-5/h4-5H,1-3H2. The van der Waals surface area contributed by atoms with Crippen molar-refractivity contribution < 1.29 is 4.79 Å². The smallest absolute Gasteiger partial charge is 0.273 e. The Labute approximate surface area is 79.6 Å². The monoisotopic (exact) mass is 201 g/mol. The second kappa shape index (κ2) is 3.15. The van der Waals surface area contributed by atoms with E-state index in [-0.39, 0.29) is 0 Å². The lowest BCUT2D eigenvalue weighted by atomic mass is 9.83. The lowest BCUT2D eigenvalue weighted by molar-refractivity contribution is 0.108. The van der Waals surface area contributed by atoms with Gasteiger partial charge in [0.15, 0.2) is 5.01 Å². The molecule has 1 fully saturated rings. The number of carbonyl (C=O) groups is 1. The quantitative estimate of drug-likeness (QED) is 0.689. The fraction of sp³-hybridized carbons (Fsp3) is 0.500. The highest BCUT2D eigenvalue weighted by molar-refractivity contribution is 7.13. The number of nitrogens with zero attached hydrogens (tertiary/aromatic N) is 1. The first-order valence-corrected chi connectivity index (χ1v) is 5.18. The summed E-state index contributed by atoms with van der Waals surface area (Å²) < 4.78 is 0. The van der Waals surface area contributed by atoms with Crippen molar-refractivity contribution in [3.05, 3.63) is 16.1 Å². The summed E-state index contributed by atoms with van der Waals surface area (Å²) >= 11 is 6.63. The molecule has 0 N–H and O–H groups in total. The minimum absolute atomic E-state index is 0.429. The van der Waals surface area contributed by atoms with E-state index in [0.717, 1.165) is 5.69 Å². The van der Waals surface area contributed by atoms with Gasteiger partial charge < -0.3 is 0 Å². The Morgan fingerprint density at radius 2 is 2.42 bits per heavy atom. The molecular weight excluding hydrogens is 194 g/mol. The number of thiazole rings is 1. The highest BCUT2D eigenvalue weighted by Crippen LogP contribution is 2.36. The van der Waals surface area contributed by atoms with Gasteiger partial charge in [0.05, 0.1) is 5.69 Å². The van der Waals surface area contributed by atoms with Crippen molar-refractivity contribution in [3.63, 3.8) is 0 Å². The van der Waals surface area contributed by atoms with E-state index < -0.39 is 5.24 Å². The zero-order chi connectivity index (χ0) is 8.55. The summed E-state index contributed by atoms with van der Waals surface area (Å²) in [4.78, 5) is 14.9. The molecule has 0 aromatic carbocycles. The fourth-order valence-electron chi connectivity index (χ4n) is 1.27. The molecule has 4 heteroatoms. The average Bonchev–Trinajstić information content (AvgIpc) is 2.32. The molecule has 64 valence electrons. The molecule has 0 radical (unpaired) electrons. The SMILES string of the molecule is O=C(Cl)c1nc(C2CCC2)cs1. The van der Waals surface area contributed by atoms with Gasteiger partial charge in [0.1, 0.15) is 0 Å². The molecule has 0 amide bonds. The molecule has 0 unspecified atom stereocenters. The molecule has 2 rings (SSSR count). The third-order valence-electron chi connectivity index (χ3n) is 2.21. The maximum atomic E-state index is 10.7. The Morgan fingerprint density at radius 1 is 1.67 bits per heavy atom. The first kappa shape index (κ1) is 8.20. The topological polar surface area (TPSA) is 30.0 Å². The summed E-state index contributed by atoms with van der Waals surface area (Å²) in [5.41, 5.74) is 1.05. The summed E-state index contributed by atoms with van der Waals surface area (Å²) in [6.07, 6.45) is 3.70. The van der Waals surface area contributed by atoms with E-state index in [1.54, 1.807) is 0 Å². The van der Waals surface area contributed by atoms with Crippen molar-refractivity contribution in [2.45, 2.75) is 25.2 Å². The molecule has 0 atom stereocenters. The van der Waals surface area contributed by atoms with Crippen LogP contribution in [-0.4, -0.2) is 10.2 Å². The molecule has 0 saturated heterocycles. The minimum Gasteiger partial charge on any atom is -0.273 e. The average molecular weight is 202 g/mol. The zero-order valence-corrected chi connectivity index (χ0v) is 7.99. The molecule has 0 bridgehead atoms. The van der Waals surface area contributed by atoms with Crippen LogP contribution < -0.4 is 0 Å². The van der Waals surface area contributed by atoms with Gasteiger partial charge in [-0.2, -0.15) is 0 Å². The molecule has 1 saturated carbocycles.